The molecule has 1 aromatic heterocycles. The minimum absolute atomic E-state index is 0.0559. The molecule has 0 aliphatic carbocycles. The highest BCUT2D eigenvalue weighted by Crippen LogP contribution is 2.25. The Labute approximate surface area is 152 Å². The van der Waals surface area contributed by atoms with Crippen LogP contribution in [0.4, 0.5) is 10.5 Å². The van der Waals surface area contributed by atoms with Gasteiger partial charge >= 0.3 is 6.03 Å². The molecule has 4 rings (SSSR count). The van der Waals surface area contributed by atoms with Crippen LogP contribution in [0, 0.1) is 0 Å². The zero-order valence-corrected chi connectivity index (χ0v) is 15.3. The van der Waals surface area contributed by atoms with E-state index in [1.807, 2.05) is 24.3 Å². The predicted octanol–water partition coefficient (Wildman–Crippen LogP) is 1.25. The van der Waals surface area contributed by atoms with E-state index < -0.39 is 9.84 Å². The van der Waals surface area contributed by atoms with Crippen molar-refractivity contribution < 1.29 is 13.2 Å². The number of anilines is 1. The van der Waals surface area contributed by atoms with Gasteiger partial charge in [-0.3, -0.25) is 4.98 Å². The van der Waals surface area contributed by atoms with Gasteiger partial charge in [0.1, 0.15) is 0 Å². The number of rotatable bonds is 2. The van der Waals surface area contributed by atoms with Crippen LogP contribution in [0.15, 0.2) is 36.5 Å². The van der Waals surface area contributed by atoms with Crippen molar-refractivity contribution in [3.63, 3.8) is 0 Å². The highest BCUT2D eigenvalue weighted by Gasteiger charge is 2.31. The van der Waals surface area contributed by atoms with Crippen LogP contribution >= 0.6 is 0 Å². The lowest BCUT2D eigenvalue weighted by atomic mass is 10.1. The summed E-state index contributed by atoms with van der Waals surface area (Å²) in [4.78, 5) is 20.9. The van der Waals surface area contributed by atoms with Crippen molar-refractivity contribution >= 4 is 32.5 Å². The van der Waals surface area contributed by atoms with E-state index in [0.29, 0.717) is 19.5 Å². The fourth-order valence-corrected chi connectivity index (χ4v) is 5.34. The number of piperazine rings is 1. The number of para-hydroxylation sites is 1. The zero-order valence-electron chi connectivity index (χ0n) is 14.5. The third kappa shape index (κ3) is 3.46. The van der Waals surface area contributed by atoms with Gasteiger partial charge < -0.3 is 15.1 Å². The number of fused-ring (bicyclic) bond motifs is 1. The molecule has 3 heterocycles. The maximum atomic E-state index is 12.4. The first-order valence-electron chi connectivity index (χ1n) is 8.86. The standard InChI is InChI=1S/C18H22N4O3S/c23-18(20-15-6-12-26(24,25)13-15)22-10-8-21(9-11-22)16-5-1-3-14-4-2-7-19-17(14)16/h1-5,7,15H,6,8-13H2,(H,20,23). The van der Waals surface area contributed by atoms with E-state index in [1.54, 1.807) is 11.1 Å². The second-order valence-corrected chi connectivity index (χ2v) is 9.10. The molecule has 26 heavy (non-hydrogen) atoms. The molecule has 1 unspecified atom stereocenters. The minimum atomic E-state index is -2.99. The summed E-state index contributed by atoms with van der Waals surface area (Å²) in [6, 6.07) is 9.69. The number of nitrogens with one attached hydrogen (secondary N) is 1. The molecule has 0 radical (unpaired) electrons. The number of urea groups is 1. The fourth-order valence-electron chi connectivity index (χ4n) is 3.67. The summed E-state index contributed by atoms with van der Waals surface area (Å²) in [6.07, 6.45) is 2.31. The molecule has 2 aromatic rings. The van der Waals surface area contributed by atoms with Crippen molar-refractivity contribution in [2.75, 3.05) is 42.6 Å². The van der Waals surface area contributed by atoms with Crippen LogP contribution in [0.5, 0.6) is 0 Å². The topological polar surface area (TPSA) is 82.6 Å². The molecule has 0 bridgehead atoms. The van der Waals surface area contributed by atoms with Crippen LogP contribution in [0.1, 0.15) is 6.42 Å². The Bertz CT molecular complexity index is 918. The van der Waals surface area contributed by atoms with E-state index in [-0.39, 0.29) is 23.6 Å². The Morgan fingerprint density at radius 3 is 2.62 bits per heavy atom. The van der Waals surface area contributed by atoms with Crippen molar-refractivity contribution in [3.8, 4) is 0 Å². The summed E-state index contributed by atoms with van der Waals surface area (Å²) in [5, 5.41) is 3.97. The normalized spacial score (nSPS) is 22.5. The first-order valence-corrected chi connectivity index (χ1v) is 10.7. The third-order valence-electron chi connectivity index (χ3n) is 5.08. The van der Waals surface area contributed by atoms with E-state index in [2.05, 4.69) is 21.3 Å². The third-order valence-corrected chi connectivity index (χ3v) is 6.85. The number of benzene rings is 1. The number of carbonyl (C=O) groups is 1. The van der Waals surface area contributed by atoms with Gasteiger partial charge in [-0.05, 0) is 18.6 Å². The summed E-state index contributed by atoms with van der Waals surface area (Å²) in [5.74, 6) is 0.222. The van der Waals surface area contributed by atoms with E-state index in [0.717, 1.165) is 29.7 Å². The second kappa shape index (κ2) is 6.75. The van der Waals surface area contributed by atoms with Gasteiger partial charge in [-0.2, -0.15) is 0 Å². The van der Waals surface area contributed by atoms with Crippen molar-refractivity contribution in [1.29, 1.82) is 0 Å². The van der Waals surface area contributed by atoms with Crippen molar-refractivity contribution in [1.82, 2.24) is 15.2 Å². The molecule has 138 valence electrons. The quantitative estimate of drug-likeness (QED) is 0.856. The summed E-state index contributed by atoms with van der Waals surface area (Å²) < 4.78 is 23.1. The Kier molecular flexibility index (Phi) is 4.44. The Morgan fingerprint density at radius 1 is 1.12 bits per heavy atom. The van der Waals surface area contributed by atoms with E-state index >= 15 is 0 Å². The number of carbonyl (C=O) groups excluding carboxylic acids is 1. The van der Waals surface area contributed by atoms with Crippen LogP contribution in [0.25, 0.3) is 10.9 Å². The predicted molar refractivity (Wildman–Crippen MR) is 101 cm³/mol. The first-order chi connectivity index (χ1) is 12.5. The summed E-state index contributed by atoms with van der Waals surface area (Å²) in [5.41, 5.74) is 2.06. The molecule has 0 spiro atoms. The smallest absolute Gasteiger partial charge is 0.317 e. The highest BCUT2D eigenvalue weighted by molar-refractivity contribution is 7.91. The average Bonchev–Trinajstić information content (AvgIpc) is 2.99. The minimum Gasteiger partial charge on any atom is -0.366 e. The number of hydrogen-bond donors (Lipinski definition) is 1. The monoisotopic (exact) mass is 374 g/mol. The van der Waals surface area contributed by atoms with Gasteiger partial charge in [-0.15, -0.1) is 0 Å². The van der Waals surface area contributed by atoms with Gasteiger partial charge in [0, 0.05) is 43.8 Å². The SMILES string of the molecule is O=C(NC1CCS(=O)(=O)C1)N1CCN(c2cccc3cccnc23)CC1. The maximum absolute atomic E-state index is 12.4. The van der Waals surface area contributed by atoms with Crippen LogP contribution in [-0.2, 0) is 9.84 Å². The number of amides is 2. The largest absolute Gasteiger partial charge is 0.366 e. The van der Waals surface area contributed by atoms with E-state index in [9.17, 15) is 13.2 Å². The van der Waals surface area contributed by atoms with Gasteiger partial charge in [0.2, 0.25) is 0 Å². The number of hydrogen-bond acceptors (Lipinski definition) is 5. The van der Waals surface area contributed by atoms with Gasteiger partial charge in [0.05, 0.1) is 22.7 Å². The van der Waals surface area contributed by atoms with Gasteiger partial charge in [-0.1, -0.05) is 18.2 Å². The van der Waals surface area contributed by atoms with Gasteiger partial charge in [0.15, 0.2) is 9.84 Å². The van der Waals surface area contributed by atoms with E-state index in [1.165, 1.54) is 0 Å². The fraction of sp³-hybridized carbons (Fsp3) is 0.444. The molecule has 2 saturated heterocycles. The van der Waals surface area contributed by atoms with Crippen LogP contribution in [-0.4, -0.2) is 68.1 Å². The molecule has 7 nitrogen and oxygen atoms in total. The molecular weight excluding hydrogens is 352 g/mol. The molecular formula is C18H22N4O3S. The molecule has 0 saturated carbocycles. The molecule has 2 aliphatic heterocycles. The summed E-state index contributed by atoms with van der Waals surface area (Å²) in [6.45, 7) is 2.67. The van der Waals surface area contributed by atoms with Gasteiger partial charge in [-0.25, -0.2) is 13.2 Å². The first kappa shape index (κ1) is 17.1. The lowest BCUT2D eigenvalue weighted by molar-refractivity contribution is 0.191. The molecule has 2 aliphatic rings. The van der Waals surface area contributed by atoms with Crippen molar-refractivity contribution in [2.24, 2.45) is 0 Å². The maximum Gasteiger partial charge on any atom is 0.317 e. The highest BCUT2D eigenvalue weighted by atomic mass is 32.2. The number of nitrogens with zero attached hydrogens (tertiary/aromatic N) is 3. The van der Waals surface area contributed by atoms with E-state index in [4.69, 9.17) is 0 Å². The molecule has 8 heteroatoms. The Balaban J connectivity index is 1.39. The lowest BCUT2D eigenvalue weighted by Crippen LogP contribution is -2.53. The molecule has 2 fully saturated rings. The molecule has 2 amide bonds. The molecule has 1 aromatic carbocycles. The number of sulfone groups is 1. The van der Waals surface area contributed by atoms with Crippen LogP contribution < -0.4 is 10.2 Å². The van der Waals surface area contributed by atoms with Gasteiger partial charge in [0.25, 0.3) is 0 Å². The summed E-state index contributed by atoms with van der Waals surface area (Å²) in [7, 11) is -2.99. The lowest BCUT2D eigenvalue weighted by Gasteiger charge is -2.36. The zero-order chi connectivity index (χ0) is 18.1. The van der Waals surface area contributed by atoms with Crippen LogP contribution in [0.3, 0.4) is 0 Å². The Morgan fingerprint density at radius 2 is 1.88 bits per heavy atom. The number of pyridine rings is 1. The van der Waals surface area contributed by atoms with Crippen molar-refractivity contribution in [3.05, 3.63) is 36.5 Å². The van der Waals surface area contributed by atoms with Crippen LogP contribution in [0.2, 0.25) is 0 Å². The molecule has 1 N–H and O–H groups in total. The average molecular weight is 374 g/mol. The number of aromatic nitrogens is 1. The molecule has 1 atom stereocenters. The van der Waals surface area contributed by atoms with Crippen molar-refractivity contribution in [2.45, 2.75) is 12.5 Å². The summed E-state index contributed by atoms with van der Waals surface area (Å²) >= 11 is 0. The Hall–Kier alpha value is -2.35. The second-order valence-electron chi connectivity index (χ2n) is 6.88.